The van der Waals surface area contributed by atoms with Gasteiger partial charge in [0.1, 0.15) is 12.6 Å². The van der Waals surface area contributed by atoms with Crippen LogP contribution in [0.25, 0.3) is 0 Å². The summed E-state index contributed by atoms with van der Waals surface area (Å²) in [5.74, 6) is -0.680. The molecule has 0 aliphatic heterocycles. The molecular formula is C30H35N3O4S. The van der Waals surface area contributed by atoms with Crippen LogP contribution in [0.15, 0.2) is 89.8 Å². The number of rotatable bonds is 10. The van der Waals surface area contributed by atoms with Gasteiger partial charge in [0.15, 0.2) is 0 Å². The molecule has 0 radical (unpaired) electrons. The van der Waals surface area contributed by atoms with E-state index in [0.29, 0.717) is 5.69 Å². The summed E-state index contributed by atoms with van der Waals surface area (Å²) in [5, 5.41) is 3.09. The summed E-state index contributed by atoms with van der Waals surface area (Å²) >= 11 is 0. The third-order valence-electron chi connectivity index (χ3n) is 7.06. The maximum Gasteiger partial charge on any atom is 0.264 e. The van der Waals surface area contributed by atoms with Gasteiger partial charge in [-0.15, -0.1) is 0 Å². The van der Waals surface area contributed by atoms with Gasteiger partial charge in [0, 0.05) is 12.6 Å². The average Bonchev–Trinajstić information content (AvgIpc) is 3.44. The highest BCUT2D eigenvalue weighted by atomic mass is 32.2. The summed E-state index contributed by atoms with van der Waals surface area (Å²) in [4.78, 5) is 28.7. The van der Waals surface area contributed by atoms with Crippen LogP contribution in [-0.4, -0.2) is 43.8 Å². The van der Waals surface area contributed by atoms with Crippen LogP contribution in [0, 0.1) is 6.92 Å². The van der Waals surface area contributed by atoms with Crippen molar-refractivity contribution in [2.24, 2.45) is 0 Å². The van der Waals surface area contributed by atoms with E-state index in [1.807, 2.05) is 49.4 Å². The van der Waals surface area contributed by atoms with Gasteiger partial charge >= 0.3 is 0 Å². The zero-order valence-corrected chi connectivity index (χ0v) is 22.7. The van der Waals surface area contributed by atoms with Gasteiger partial charge < -0.3 is 10.2 Å². The van der Waals surface area contributed by atoms with E-state index in [1.54, 1.807) is 37.3 Å². The van der Waals surface area contributed by atoms with Crippen molar-refractivity contribution in [3.05, 3.63) is 96.1 Å². The normalized spacial score (nSPS) is 14.6. The molecule has 1 aliphatic carbocycles. The molecule has 0 bridgehead atoms. The number of carbonyl (C=O) groups is 2. The lowest BCUT2D eigenvalue weighted by Crippen LogP contribution is -2.52. The minimum Gasteiger partial charge on any atom is -0.352 e. The van der Waals surface area contributed by atoms with Crippen LogP contribution >= 0.6 is 0 Å². The van der Waals surface area contributed by atoms with E-state index in [2.05, 4.69) is 5.32 Å². The Balaban J connectivity index is 1.67. The van der Waals surface area contributed by atoms with Crippen molar-refractivity contribution < 1.29 is 18.0 Å². The molecule has 8 heteroatoms. The standard InChI is InChI=1S/C30H35N3O4S/c1-23-13-9-12-20-28(23)33(38(36,37)27-18-7-4-8-19-27)22-29(34)32(21-25-14-5-3-6-15-25)24(2)30(35)31-26-16-10-11-17-26/h3-9,12-15,18-20,24,26H,10-11,16-17,21-22H2,1-2H3,(H,31,35)/t24-/m0/s1. The number of carbonyl (C=O) groups excluding carboxylic acids is 2. The summed E-state index contributed by atoms with van der Waals surface area (Å²) in [7, 11) is -4.06. The van der Waals surface area contributed by atoms with E-state index >= 15 is 0 Å². The van der Waals surface area contributed by atoms with Crippen molar-refractivity contribution in [2.75, 3.05) is 10.8 Å². The monoisotopic (exact) mass is 533 g/mol. The molecule has 3 aromatic rings. The quantitative estimate of drug-likeness (QED) is 0.411. The van der Waals surface area contributed by atoms with Crippen molar-refractivity contribution >= 4 is 27.5 Å². The van der Waals surface area contributed by atoms with Crippen molar-refractivity contribution in [3.8, 4) is 0 Å². The fraction of sp³-hybridized carbons (Fsp3) is 0.333. The number of anilines is 1. The zero-order chi connectivity index (χ0) is 27.1. The summed E-state index contributed by atoms with van der Waals surface area (Å²) in [6, 6.07) is 23.9. The molecule has 7 nitrogen and oxygen atoms in total. The molecule has 1 N–H and O–H groups in total. The second-order valence-electron chi connectivity index (χ2n) is 9.78. The first kappa shape index (κ1) is 27.4. The van der Waals surface area contributed by atoms with E-state index in [9.17, 15) is 18.0 Å². The van der Waals surface area contributed by atoms with Crippen LogP contribution < -0.4 is 9.62 Å². The number of nitrogens with zero attached hydrogens (tertiary/aromatic N) is 2. The van der Waals surface area contributed by atoms with Gasteiger partial charge in [-0.25, -0.2) is 8.42 Å². The van der Waals surface area contributed by atoms with E-state index in [4.69, 9.17) is 0 Å². The molecule has 4 rings (SSSR count). The number of para-hydroxylation sites is 1. The van der Waals surface area contributed by atoms with Crippen LogP contribution in [0.4, 0.5) is 5.69 Å². The average molecular weight is 534 g/mol. The summed E-state index contributed by atoms with van der Waals surface area (Å²) < 4.78 is 28.8. The van der Waals surface area contributed by atoms with Crippen LogP contribution in [-0.2, 0) is 26.2 Å². The predicted octanol–water partition coefficient (Wildman–Crippen LogP) is 4.67. The molecule has 0 aromatic heterocycles. The van der Waals surface area contributed by atoms with Gasteiger partial charge in [0.25, 0.3) is 10.0 Å². The van der Waals surface area contributed by atoms with Crippen LogP contribution in [0.1, 0.15) is 43.7 Å². The number of hydrogen-bond donors (Lipinski definition) is 1. The Labute approximate surface area is 225 Å². The largest absolute Gasteiger partial charge is 0.352 e. The molecule has 0 spiro atoms. The third-order valence-corrected chi connectivity index (χ3v) is 8.83. The first-order valence-electron chi connectivity index (χ1n) is 13.0. The van der Waals surface area contributed by atoms with E-state index in [-0.39, 0.29) is 23.4 Å². The molecule has 1 aliphatic rings. The maximum atomic E-state index is 13.9. The van der Waals surface area contributed by atoms with Gasteiger partial charge in [-0.2, -0.15) is 0 Å². The molecule has 38 heavy (non-hydrogen) atoms. The molecule has 0 heterocycles. The molecule has 200 valence electrons. The first-order valence-corrected chi connectivity index (χ1v) is 14.5. The Hall–Kier alpha value is -3.65. The fourth-order valence-corrected chi connectivity index (χ4v) is 6.33. The van der Waals surface area contributed by atoms with Crippen LogP contribution in [0.5, 0.6) is 0 Å². The number of benzene rings is 3. The Bertz CT molecular complexity index is 1340. The number of amides is 2. The minimum atomic E-state index is -4.06. The lowest BCUT2D eigenvalue weighted by molar-refractivity contribution is -0.139. The molecule has 3 aromatic carbocycles. The van der Waals surface area contributed by atoms with Crippen LogP contribution in [0.2, 0.25) is 0 Å². The highest BCUT2D eigenvalue weighted by Crippen LogP contribution is 2.27. The van der Waals surface area contributed by atoms with Gasteiger partial charge in [0.2, 0.25) is 11.8 Å². The lowest BCUT2D eigenvalue weighted by atomic mass is 10.1. The smallest absolute Gasteiger partial charge is 0.264 e. The van der Waals surface area contributed by atoms with Crippen molar-refractivity contribution in [2.45, 2.75) is 63.1 Å². The zero-order valence-electron chi connectivity index (χ0n) is 21.9. The number of hydrogen-bond acceptors (Lipinski definition) is 4. The summed E-state index contributed by atoms with van der Waals surface area (Å²) in [6.45, 7) is 3.27. The number of nitrogens with one attached hydrogen (secondary N) is 1. The first-order chi connectivity index (χ1) is 18.3. The molecule has 0 unspecified atom stereocenters. The topological polar surface area (TPSA) is 86.8 Å². The molecule has 1 saturated carbocycles. The Morgan fingerprint density at radius 1 is 0.895 bits per heavy atom. The van der Waals surface area contributed by atoms with Gasteiger partial charge in [0.05, 0.1) is 10.6 Å². The Morgan fingerprint density at radius 3 is 2.11 bits per heavy atom. The third kappa shape index (κ3) is 6.42. The summed E-state index contributed by atoms with van der Waals surface area (Å²) in [6.07, 6.45) is 4.02. The van der Waals surface area contributed by atoms with Crippen molar-refractivity contribution in [3.63, 3.8) is 0 Å². The van der Waals surface area contributed by atoms with Crippen LogP contribution in [0.3, 0.4) is 0 Å². The SMILES string of the molecule is Cc1ccccc1N(CC(=O)N(Cc1ccccc1)[C@@H](C)C(=O)NC1CCCC1)S(=O)(=O)c1ccccc1. The molecular weight excluding hydrogens is 498 g/mol. The second kappa shape index (κ2) is 12.3. The van der Waals surface area contributed by atoms with E-state index in [1.165, 1.54) is 17.0 Å². The van der Waals surface area contributed by atoms with E-state index < -0.39 is 28.5 Å². The highest BCUT2D eigenvalue weighted by molar-refractivity contribution is 7.92. The highest BCUT2D eigenvalue weighted by Gasteiger charge is 2.33. The Morgan fingerprint density at radius 2 is 1.47 bits per heavy atom. The minimum absolute atomic E-state index is 0.0951. The Kier molecular flexibility index (Phi) is 8.84. The fourth-order valence-electron chi connectivity index (χ4n) is 4.83. The van der Waals surface area contributed by atoms with E-state index in [0.717, 1.165) is 41.1 Å². The van der Waals surface area contributed by atoms with Crippen molar-refractivity contribution in [1.29, 1.82) is 0 Å². The number of sulfonamides is 1. The molecule has 1 atom stereocenters. The van der Waals surface area contributed by atoms with Gasteiger partial charge in [-0.1, -0.05) is 79.6 Å². The van der Waals surface area contributed by atoms with Gasteiger partial charge in [-0.3, -0.25) is 13.9 Å². The van der Waals surface area contributed by atoms with Gasteiger partial charge in [-0.05, 0) is 56.0 Å². The summed E-state index contributed by atoms with van der Waals surface area (Å²) in [5.41, 5.74) is 2.00. The predicted molar refractivity (Wildman–Crippen MR) is 149 cm³/mol. The number of aryl methyl sites for hydroxylation is 1. The molecule has 0 saturated heterocycles. The molecule has 2 amide bonds. The molecule has 1 fully saturated rings. The van der Waals surface area contributed by atoms with Crippen molar-refractivity contribution in [1.82, 2.24) is 10.2 Å². The lowest BCUT2D eigenvalue weighted by Gasteiger charge is -2.33. The second-order valence-corrected chi connectivity index (χ2v) is 11.6. The maximum absolute atomic E-state index is 13.9.